The minimum Gasteiger partial charge on any atom is -0.396 e. The Morgan fingerprint density at radius 2 is 2.47 bits per heavy atom. The summed E-state index contributed by atoms with van der Waals surface area (Å²) in [6.45, 7) is 5.16. The predicted molar refractivity (Wildman–Crippen MR) is 56.5 cm³/mol. The van der Waals surface area contributed by atoms with Gasteiger partial charge < -0.3 is 14.4 Å². The molecule has 1 aromatic rings. The van der Waals surface area contributed by atoms with Crippen LogP contribution in [0.4, 0.5) is 0 Å². The van der Waals surface area contributed by atoms with Crippen molar-refractivity contribution in [3.8, 4) is 0 Å². The maximum absolute atomic E-state index is 9.26. The highest BCUT2D eigenvalue weighted by Gasteiger charge is 2.31. The number of hydrogen-bond acceptors (Lipinski definition) is 3. The minimum atomic E-state index is 0.0138. The highest BCUT2D eigenvalue weighted by atomic mass is 16.5. The highest BCUT2D eigenvalue weighted by Crippen LogP contribution is 2.34. The number of aromatic nitrogens is 2. The Bertz CT molecular complexity index is 322. The molecule has 0 amide bonds. The molecule has 1 saturated heterocycles. The van der Waals surface area contributed by atoms with Gasteiger partial charge >= 0.3 is 0 Å². The third-order valence-corrected chi connectivity index (χ3v) is 2.99. The van der Waals surface area contributed by atoms with E-state index in [1.807, 2.05) is 12.5 Å². The Balaban J connectivity index is 2.24. The third kappa shape index (κ3) is 1.92. The van der Waals surface area contributed by atoms with Crippen molar-refractivity contribution in [1.29, 1.82) is 0 Å². The molecule has 15 heavy (non-hydrogen) atoms. The Morgan fingerprint density at radius 3 is 3.13 bits per heavy atom. The van der Waals surface area contributed by atoms with Gasteiger partial charge in [-0.3, -0.25) is 0 Å². The van der Waals surface area contributed by atoms with Gasteiger partial charge in [0, 0.05) is 25.2 Å². The summed E-state index contributed by atoms with van der Waals surface area (Å²) in [6.07, 6.45) is 4.62. The predicted octanol–water partition coefficient (Wildman–Crippen LogP) is 1.53. The first-order chi connectivity index (χ1) is 7.24. The van der Waals surface area contributed by atoms with Crippen LogP contribution in [0.25, 0.3) is 0 Å². The lowest BCUT2D eigenvalue weighted by molar-refractivity contribution is 0.0653. The molecule has 0 radical (unpaired) electrons. The van der Waals surface area contributed by atoms with E-state index in [-0.39, 0.29) is 18.6 Å². The molecule has 1 aromatic heterocycles. The Kier molecular flexibility index (Phi) is 3.07. The highest BCUT2D eigenvalue weighted by molar-refractivity contribution is 5.07. The van der Waals surface area contributed by atoms with Crippen LogP contribution in [0, 0.1) is 5.92 Å². The van der Waals surface area contributed by atoms with E-state index in [0.717, 1.165) is 18.7 Å². The van der Waals surface area contributed by atoms with E-state index < -0.39 is 0 Å². The smallest absolute Gasteiger partial charge is 0.104 e. The fourth-order valence-electron chi connectivity index (χ4n) is 2.11. The van der Waals surface area contributed by atoms with Gasteiger partial charge in [0.05, 0.1) is 18.2 Å². The van der Waals surface area contributed by atoms with Crippen LogP contribution in [0.1, 0.15) is 38.1 Å². The maximum atomic E-state index is 9.26. The molecule has 0 aliphatic carbocycles. The average Bonchev–Trinajstić information content (AvgIpc) is 2.85. The fraction of sp³-hybridized carbons (Fsp3) is 0.727. The van der Waals surface area contributed by atoms with Crippen molar-refractivity contribution < 1.29 is 9.84 Å². The standard InChI is InChI=1S/C11H18N2O2/c1-8(2)13-7-12-5-10(13)11-9(6-14)3-4-15-11/h5,7-9,11,14H,3-4,6H2,1-2H3. The quantitative estimate of drug-likeness (QED) is 0.823. The zero-order valence-electron chi connectivity index (χ0n) is 9.26. The van der Waals surface area contributed by atoms with Crippen molar-refractivity contribution in [2.75, 3.05) is 13.2 Å². The monoisotopic (exact) mass is 210 g/mol. The van der Waals surface area contributed by atoms with Crippen molar-refractivity contribution >= 4 is 0 Å². The molecule has 0 spiro atoms. The lowest BCUT2D eigenvalue weighted by Gasteiger charge is -2.20. The summed E-state index contributed by atoms with van der Waals surface area (Å²) in [7, 11) is 0. The van der Waals surface area contributed by atoms with Gasteiger partial charge in [-0.25, -0.2) is 4.98 Å². The first kappa shape index (κ1) is 10.6. The van der Waals surface area contributed by atoms with Gasteiger partial charge in [0.1, 0.15) is 6.10 Å². The van der Waals surface area contributed by atoms with Crippen LogP contribution in [0.15, 0.2) is 12.5 Å². The van der Waals surface area contributed by atoms with Crippen molar-refractivity contribution in [2.24, 2.45) is 5.92 Å². The Hall–Kier alpha value is -0.870. The van der Waals surface area contributed by atoms with Crippen LogP contribution in [0.5, 0.6) is 0 Å². The Morgan fingerprint density at radius 1 is 1.67 bits per heavy atom. The van der Waals surface area contributed by atoms with Gasteiger partial charge in [-0.1, -0.05) is 0 Å². The molecule has 1 aliphatic rings. The minimum absolute atomic E-state index is 0.0138. The molecule has 2 atom stereocenters. The third-order valence-electron chi connectivity index (χ3n) is 2.99. The van der Waals surface area contributed by atoms with Crippen molar-refractivity contribution in [2.45, 2.75) is 32.4 Å². The molecule has 2 unspecified atom stereocenters. The van der Waals surface area contributed by atoms with Crippen LogP contribution >= 0.6 is 0 Å². The Labute approximate surface area is 89.9 Å². The molecular formula is C11H18N2O2. The normalized spacial score (nSPS) is 26.4. The SMILES string of the molecule is CC(C)n1cncc1C1OCCC1CO. The molecule has 1 N–H and O–H groups in total. The van der Waals surface area contributed by atoms with Gasteiger partial charge in [-0.15, -0.1) is 0 Å². The summed E-state index contributed by atoms with van der Waals surface area (Å²) in [5.41, 5.74) is 1.08. The topological polar surface area (TPSA) is 47.3 Å². The number of imidazole rings is 1. The van der Waals surface area contributed by atoms with Gasteiger partial charge in [-0.05, 0) is 20.3 Å². The van der Waals surface area contributed by atoms with E-state index in [0.29, 0.717) is 6.04 Å². The van der Waals surface area contributed by atoms with E-state index in [1.165, 1.54) is 0 Å². The van der Waals surface area contributed by atoms with Crippen molar-refractivity contribution in [1.82, 2.24) is 9.55 Å². The van der Waals surface area contributed by atoms with Gasteiger partial charge in [0.15, 0.2) is 0 Å². The van der Waals surface area contributed by atoms with E-state index in [4.69, 9.17) is 4.74 Å². The summed E-state index contributed by atoms with van der Waals surface area (Å²) in [4.78, 5) is 4.16. The fourth-order valence-corrected chi connectivity index (χ4v) is 2.11. The second-order valence-corrected chi connectivity index (χ2v) is 4.34. The summed E-state index contributed by atoms with van der Waals surface area (Å²) in [5.74, 6) is 0.221. The van der Waals surface area contributed by atoms with Gasteiger partial charge in [0.25, 0.3) is 0 Å². The molecule has 2 heterocycles. The molecule has 0 saturated carbocycles. The molecule has 0 aromatic carbocycles. The zero-order valence-corrected chi connectivity index (χ0v) is 9.26. The molecule has 4 nitrogen and oxygen atoms in total. The molecular weight excluding hydrogens is 192 g/mol. The van der Waals surface area contributed by atoms with Crippen LogP contribution in [0.2, 0.25) is 0 Å². The number of aliphatic hydroxyl groups excluding tert-OH is 1. The summed E-state index contributed by atoms with van der Waals surface area (Å²) in [6, 6.07) is 0.381. The second kappa shape index (κ2) is 4.33. The number of nitrogens with zero attached hydrogens (tertiary/aromatic N) is 2. The molecule has 0 bridgehead atoms. The summed E-state index contributed by atoms with van der Waals surface area (Å²) >= 11 is 0. The van der Waals surface area contributed by atoms with Crippen LogP contribution in [-0.2, 0) is 4.74 Å². The first-order valence-corrected chi connectivity index (χ1v) is 5.48. The van der Waals surface area contributed by atoms with Crippen LogP contribution in [-0.4, -0.2) is 27.9 Å². The first-order valence-electron chi connectivity index (χ1n) is 5.48. The zero-order chi connectivity index (χ0) is 10.8. The number of rotatable bonds is 3. The number of hydrogen-bond donors (Lipinski definition) is 1. The lowest BCUT2D eigenvalue weighted by Crippen LogP contribution is -2.16. The van der Waals surface area contributed by atoms with E-state index in [9.17, 15) is 5.11 Å². The van der Waals surface area contributed by atoms with Crippen molar-refractivity contribution in [3.63, 3.8) is 0 Å². The van der Waals surface area contributed by atoms with Gasteiger partial charge in [0.2, 0.25) is 0 Å². The van der Waals surface area contributed by atoms with E-state index in [1.54, 1.807) is 0 Å². The van der Waals surface area contributed by atoms with Crippen molar-refractivity contribution in [3.05, 3.63) is 18.2 Å². The number of ether oxygens (including phenoxy) is 1. The number of aliphatic hydroxyl groups is 1. The lowest BCUT2D eigenvalue weighted by atomic mass is 10.0. The molecule has 84 valence electrons. The summed E-state index contributed by atoms with van der Waals surface area (Å²) < 4.78 is 7.78. The molecule has 1 fully saturated rings. The maximum Gasteiger partial charge on any atom is 0.104 e. The second-order valence-electron chi connectivity index (χ2n) is 4.34. The molecule has 4 heteroatoms. The average molecular weight is 210 g/mol. The summed E-state index contributed by atoms with van der Waals surface area (Å²) in [5, 5.41) is 9.26. The van der Waals surface area contributed by atoms with Gasteiger partial charge in [-0.2, -0.15) is 0 Å². The molecule has 2 rings (SSSR count). The van der Waals surface area contributed by atoms with E-state index >= 15 is 0 Å². The van der Waals surface area contributed by atoms with Crippen LogP contribution < -0.4 is 0 Å². The largest absolute Gasteiger partial charge is 0.396 e. The van der Waals surface area contributed by atoms with Crippen LogP contribution in [0.3, 0.4) is 0 Å². The molecule has 1 aliphatic heterocycles. The van der Waals surface area contributed by atoms with E-state index in [2.05, 4.69) is 23.4 Å².